The molecule has 0 aliphatic rings. The summed E-state index contributed by atoms with van der Waals surface area (Å²) in [6.45, 7) is 5.29. The molecule has 0 radical (unpaired) electrons. The molecule has 0 fully saturated rings. The molecule has 1 aromatic heterocycles. The Kier molecular flexibility index (Phi) is 4.72. The van der Waals surface area contributed by atoms with Crippen molar-refractivity contribution in [2.24, 2.45) is 5.92 Å². The molecule has 0 unspecified atom stereocenters. The Morgan fingerprint density at radius 1 is 1.38 bits per heavy atom. The molecule has 0 aliphatic carbocycles. The Bertz CT molecular complexity index is 713. The number of rotatable bonds is 5. The molecular formula is C16H18N4O. The summed E-state index contributed by atoms with van der Waals surface area (Å²) in [5.41, 5.74) is 1.89. The van der Waals surface area contributed by atoms with Gasteiger partial charge in [0.15, 0.2) is 0 Å². The van der Waals surface area contributed by atoms with Crippen molar-refractivity contribution in [2.75, 3.05) is 11.9 Å². The van der Waals surface area contributed by atoms with Crippen LogP contribution < -0.4 is 10.9 Å². The Morgan fingerprint density at radius 3 is 2.81 bits per heavy atom. The number of anilines is 1. The van der Waals surface area contributed by atoms with Crippen LogP contribution in [-0.2, 0) is 6.54 Å². The zero-order valence-corrected chi connectivity index (χ0v) is 12.2. The first-order valence-electron chi connectivity index (χ1n) is 6.89. The first-order valence-corrected chi connectivity index (χ1v) is 6.89. The van der Waals surface area contributed by atoms with E-state index < -0.39 is 0 Å². The molecular weight excluding hydrogens is 264 g/mol. The third kappa shape index (κ3) is 3.93. The van der Waals surface area contributed by atoms with E-state index in [9.17, 15) is 4.79 Å². The second-order valence-electron chi connectivity index (χ2n) is 5.28. The number of nitriles is 1. The van der Waals surface area contributed by atoms with Gasteiger partial charge < -0.3 is 5.32 Å². The Labute approximate surface area is 123 Å². The van der Waals surface area contributed by atoms with Crippen LogP contribution in [0.1, 0.15) is 25.0 Å². The maximum atomic E-state index is 12.1. The summed E-state index contributed by atoms with van der Waals surface area (Å²) >= 11 is 0. The topological polar surface area (TPSA) is 70.7 Å². The summed E-state index contributed by atoms with van der Waals surface area (Å²) < 4.78 is 1.36. The molecule has 0 aliphatic heterocycles. The molecule has 0 saturated carbocycles. The highest BCUT2D eigenvalue weighted by atomic mass is 16.1. The highest BCUT2D eigenvalue weighted by molar-refractivity contribution is 5.40. The minimum absolute atomic E-state index is 0.184. The molecule has 1 N–H and O–H groups in total. The minimum Gasteiger partial charge on any atom is -0.383 e. The van der Waals surface area contributed by atoms with Gasteiger partial charge in [-0.1, -0.05) is 32.0 Å². The molecule has 21 heavy (non-hydrogen) atoms. The van der Waals surface area contributed by atoms with Crippen molar-refractivity contribution in [3.8, 4) is 6.07 Å². The van der Waals surface area contributed by atoms with Crippen LogP contribution in [0.5, 0.6) is 0 Å². The summed E-state index contributed by atoms with van der Waals surface area (Å²) in [6.07, 6.45) is 1.64. The lowest BCUT2D eigenvalue weighted by atomic mass is 10.1. The molecule has 108 valence electrons. The van der Waals surface area contributed by atoms with Crippen LogP contribution >= 0.6 is 0 Å². The standard InChI is InChI=1S/C16H18N4O/c1-12(2)9-18-15-7-16(21)20(19-10-15)11-14-6-4-3-5-13(14)8-17/h3-7,10,12,18H,9,11H2,1-2H3. The molecule has 2 aromatic rings. The number of benzene rings is 1. The summed E-state index contributed by atoms with van der Waals surface area (Å²) in [5.74, 6) is 0.495. The van der Waals surface area contributed by atoms with E-state index in [4.69, 9.17) is 5.26 Å². The van der Waals surface area contributed by atoms with E-state index >= 15 is 0 Å². The molecule has 5 heteroatoms. The second kappa shape index (κ2) is 6.71. The maximum Gasteiger partial charge on any atom is 0.269 e. The zero-order valence-electron chi connectivity index (χ0n) is 12.2. The summed E-state index contributed by atoms with van der Waals surface area (Å²) in [5, 5.41) is 16.4. The fourth-order valence-corrected chi connectivity index (χ4v) is 1.90. The van der Waals surface area contributed by atoms with Gasteiger partial charge in [0.05, 0.1) is 30.1 Å². The molecule has 2 rings (SSSR count). The van der Waals surface area contributed by atoms with Gasteiger partial charge in [0.25, 0.3) is 5.56 Å². The van der Waals surface area contributed by atoms with Crippen molar-refractivity contribution >= 4 is 5.69 Å². The van der Waals surface area contributed by atoms with Crippen molar-refractivity contribution in [1.29, 1.82) is 5.26 Å². The van der Waals surface area contributed by atoms with Gasteiger partial charge >= 0.3 is 0 Å². The number of hydrogen-bond acceptors (Lipinski definition) is 4. The smallest absolute Gasteiger partial charge is 0.269 e. The molecule has 5 nitrogen and oxygen atoms in total. The van der Waals surface area contributed by atoms with E-state index in [2.05, 4.69) is 30.3 Å². The predicted molar refractivity (Wildman–Crippen MR) is 82.1 cm³/mol. The van der Waals surface area contributed by atoms with E-state index in [1.54, 1.807) is 18.3 Å². The SMILES string of the molecule is CC(C)CNc1cnn(Cc2ccccc2C#N)c(=O)c1. The van der Waals surface area contributed by atoms with Gasteiger partial charge in [0.1, 0.15) is 0 Å². The quantitative estimate of drug-likeness (QED) is 0.913. The van der Waals surface area contributed by atoms with Crippen molar-refractivity contribution in [1.82, 2.24) is 9.78 Å². The van der Waals surface area contributed by atoms with E-state index in [-0.39, 0.29) is 5.56 Å². The maximum absolute atomic E-state index is 12.1. The second-order valence-corrected chi connectivity index (χ2v) is 5.28. The Morgan fingerprint density at radius 2 is 2.14 bits per heavy atom. The van der Waals surface area contributed by atoms with Crippen LogP contribution in [0.25, 0.3) is 0 Å². The van der Waals surface area contributed by atoms with Crippen molar-refractivity contribution in [2.45, 2.75) is 20.4 Å². The van der Waals surface area contributed by atoms with E-state index in [1.165, 1.54) is 10.7 Å². The van der Waals surface area contributed by atoms with Crippen molar-refractivity contribution in [3.63, 3.8) is 0 Å². The average Bonchev–Trinajstić information content (AvgIpc) is 2.48. The third-order valence-electron chi connectivity index (χ3n) is 3.04. The summed E-state index contributed by atoms with van der Waals surface area (Å²) in [7, 11) is 0. The molecule has 1 heterocycles. The number of aromatic nitrogens is 2. The Balaban J connectivity index is 2.18. The molecule has 0 bridgehead atoms. The van der Waals surface area contributed by atoms with Gasteiger partial charge in [-0.2, -0.15) is 10.4 Å². The van der Waals surface area contributed by atoms with E-state index in [0.29, 0.717) is 18.0 Å². The van der Waals surface area contributed by atoms with E-state index in [1.807, 2.05) is 12.1 Å². The molecule has 0 saturated heterocycles. The largest absolute Gasteiger partial charge is 0.383 e. The van der Waals surface area contributed by atoms with Crippen LogP contribution in [0, 0.1) is 17.2 Å². The normalized spacial score (nSPS) is 10.4. The van der Waals surface area contributed by atoms with Crippen LogP contribution in [0.2, 0.25) is 0 Å². The van der Waals surface area contributed by atoms with Crippen LogP contribution in [-0.4, -0.2) is 16.3 Å². The van der Waals surface area contributed by atoms with Crippen molar-refractivity contribution < 1.29 is 0 Å². The fourth-order valence-electron chi connectivity index (χ4n) is 1.90. The fraction of sp³-hybridized carbons (Fsp3) is 0.312. The number of nitrogens with one attached hydrogen (secondary N) is 1. The van der Waals surface area contributed by atoms with Gasteiger partial charge in [-0.3, -0.25) is 4.79 Å². The predicted octanol–water partition coefficient (Wildman–Crippen LogP) is 2.23. The first kappa shape index (κ1) is 14.8. The highest BCUT2D eigenvalue weighted by Gasteiger charge is 2.05. The van der Waals surface area contributed by atoms with Gasteiger partial charge in [-0.25, -0.2) is 4.68 Å². The van der Waals surface area contributed by atoms with Crippen LogP contribution in [0.3, 0.4) is 0 Å². The highest BCUT2D eigenvalue weighted by Crippen LogP contribution is 2.08. The monoisotopic (exact) mass is 282 g/mol. The number of hydrogen-bond donors (Lipinski definition) is 1. The minimum atomic E-state index is -0.184. The summed E-state index contributed by atoms with van der Waals surface area (Å²) in [6, 6.07) is 10.9. The van der Waals surface area contributed by atoms with Crippen LogP contribution in [0.4, 0.5) is 5.69 Å². The molecule has 1 aromatic carbocycles. The lowest BCUT2D eigenvalue weighted by Gasteiger charge is -2.10. The van der Waals surface area contributed by atoms with Crippen molar-refractivity contribution in [3.05, 3.63) is 58.0 Å². The lowest BCUT2D eigenvalue weighted by molar-refractivity contribution is 0.636. The first-order chi connectivity index (χ1) is 10.1. The van der Waals surface area contributed by atoms with E-state index in [0.717, 1.165) is 17.8 Å². The number of nitrogens with zero attached hydrogens (tertiary/aromatic N) is 3. The average molecular weight is 282 g/mol. The lowest BCUT2D eigenvalue weighted by Crippen LogP contribution is -2.24. The van der Waals surface area contributed by atoms with Gasteiger partial charge in [-0.15, -0.1) is 0 Å². The van der Waals surface area contributed by atoms with Gasteiger partial charge in [0.2, 0.25) is 0 Å². The molecule has 0 amide bonds. The molecule has 0 spiro atoms. The Hall–Kier alpha value is -2.61. The zero-order chi connectivity index (χ0) is 15.2. The van der Waals surface area contributed by atoms with Gasteiger partial charge in [-0.05, 0) is 17.5 Å². The van der Waals surface area contributed by atoms with Crippen LogP contribution in [0.15, 0.2) is 41.3 Å². The third-order valence-corrected chi connectivity index (χ3v) is 3.04. The summed E-state index contributed by atoms with van der Waals surface area (Å²) in [4.78, 5) is 12.1. The van der Waals surface area contributed by atoms with Gasteiger partial charge in [0, 0.05) is 12.6 Å². The molecule has 0 atom stereocenters.